The smallest absolute Gasteiger partial charge is 0.310 e. The summed E-state index contributed by atoms with van der Waals surface area (Å²) in [5.41, 5.74) is 12.7. The van der Waals surface area contributed by atoms with E-state index in [-0.39, 0.29) is 69.5 Å². The Balaban J connectivity index is 0.000000280. The predicted molar refractivity (Wildman–Crippen MR) is 266 cm³/mol. The fraction of sp³-hybridized carbons (Fsp3) is 0.464. The van der Waals surface area contributed by atoms with Gasteiger partial charge < -0.3 is 35.1 Å². The van der Waals surface area contributed by atoms with Crippen LogP contribution in [0.15, 0.2) is 97.1 Å². The molecule has 0 radical (unpaired) electrons. The molecule has 0 bridgehead atoms. The van der Waals surface area contributed by atoms with Gasteiger partial charge in [-0.25, -0.2) is 0 Å². The van der Waals surface area contributed by atoms with Crippen molar-refractivity contribution >= 4 is 35.8 Å². The van der Waals surface area contributed by atoms with Crippen molar-refractivity contribution in [2.24, 2.45) is 17.6 Å². The van der Waals surface area contributed by atoms with E-state index >= 15 is 0 Å². The summed E-state index contributed by atoms with van der Waals surface area (Å²) in [5, 5.41) is 11.8. The van der Waals surface area contributed by atoms with Crippen molar-refractivity contribution in [3.8, 4) is 22.3 Å². The van der Waals surface area contributed by atoms with Crippen molar-refractivity contribution in [3.63, 3.8) is 0 Å². The van der Waals surface area contributed by atoms with Gasteiger partial charge in [-0.3, -0.25) is 28.8 Å². The summed E-state index contributed by atoms with van der Waals surface area (Å²) in [5.74, 6) is -4.94. The minimum absolute atomic E-state index is 0.0223. The quantitative estimate of drug-likeness (QED) is 0.0595. The zero-order valence-corrected chi connectivity index (χ0v) is 41.6. The highest BCUT2D eigenvalue weighted by Crippen LogP contribution is 2.46. The third kappa shape index (κ3) is 17.3. The van der Waals surface area contributed by atoms with Crippen molar-refractivity contribution in [1.29, 1.82) is 0 Å². The van der Waals surface area contributed by atoms with Gasteiger partial charge in [-0.05, 0) is 118 Å². The summed E-state index contributed by atoms with van der Waals surface area (Å²) < 4.78 is 22.1. The molecule has 0 fully saturated rings. The molecule has 0 aliphatic heterocycles. The van der Waals surface area contributed by atoms with Gasteiger partial charge in [0.05, 0.1) is 24.7 Å². The van der Waals surface area contributed by atoms with E-state index in [1.54, 1.807) is 41.5 Å². The number of benzene rings is 4. The molecule has 0 spiro atoms. The number of fused-ring (bicyclic) bond motifs is 6. The van der Waals surface area contributed by atoms with Crippen molar-refractivity contribution in [1.82, 2.24) is 5.32 Å². The first-order chi connectivity index (χ1) is 32.8. The number of nitrogens with two attached hydrogens (primary N) is 1. The van der Waals surface area contributed by atoms with E-state index < -0.39 is 52.9 Å². The molecule has 4 N–H and O–H groups in total. The lowest BCUT2D eigenvalue weighted by molar-refractivity contribution is -0.164. The van der Waals surface area contributed by atoms with E-state index in [2.05, 4.69) is 48.6 Å². The maximum atomic E-state index is 12.8. The minimum Gasteiger partial charge on any atom is -0.481 e. The number of carbonyl (C=O) groups is 6. The fourth-order valence-electron chi connectivity index (χ4n) is 8.08. The molecule has 0 heterocycles. The maximum Gasteiger partial charge on any atom is 0.310 e. The highest BCUT2D eigenvalue weighted by Gasteiger charge is 2.34. The number of rotatable bonds is 19. The number of carboxylic acid groups (broad SMARTS) is 1. The molecule has 0 saturated carbocycles. The van der Waals surface area contributed by atoms with Gasteiger partial charge in [-0.2, -0.15) is 0 Å². The van der Waals surface area contributed by atoms with Crippen LogP contribution in [0.5, 0.6) is 0 Å². The van der Waals surface area contributed by atoms with Gasteiger partial charge in [0.2, 0.25) is 5.91 Å². The summed E-state index contributed by atoms with van der Waals surface area (Å²) in [6, 6.07) is 32.3. The normalized spacial score (nSPS) is 13.3. The van der Waals surface area contributed by atoms with Gasteiger partial charge >= 0.3 is 29.8 Å². The van der Waals surface area contributed by atoms with Gasteiger partial charge in [0.15, 0.2) is 0 Å². The van der Waals surface area contributed by atoms with Gasteiger partial charge in [-0.1, -0.05) is 111 Å². The Hall–Kier alpha value is -6.34. The fourth-order valence-corrected chi connectivity index (χ4v) is 8.08. The molecule has 1 amide bonds. The first-order valence-corrected chi connectivity index (χ1v) is 24.1. The molecule has 0 aromatic heterocycles. The molecule has 0 unspecified atom stereocenters. The predicted octanol–water partition coefficient (Wildman–Crippen LogP) is 9.91. The van der Waals surface area contributed by atoms with Crippen molar-refractivity contribution in [3.05, 3.63) is 119 Å². The Morgan fingerprint density at radius 1 is 0.565 bits per heavy atom. The monoisotopic (exact) mass is 949 g/mol. The molecule has 4 aromatic rings. The molecule has 6 rings (SSSR count). The second-order valence-corrected chi connectivity index (χ2v) is 19.3. The van der Waals surface area contributed by atoms with Crippen LogP contribution >= 0.6 is 0 Å². The Kier molecular flexibility index (Phi) is 21.2. The van der Waals surface area contributed by atoms with Crippen molar-refractivity contribution in [2.75, 3.05) is 26.3 Å². The molecule has 0 saturated heterocycles. The van der Waals surface area contributed by atoms with Crippen LogP contribution in [0.1, 0.15) is 141 Å². The Labute approximate surface area is 407 Å². The Bertz CT molecular complexity index is 2270. The van der Waals surface area contributed by atoms with E-state index in [4.69, 9.17) is 29.8 Å². The number of carbonyl (C=O) groups excluding carboxylic acids is 5. The number of hydrogen-bond acceptors (Lipinski definition) is 11. The van der Waals surface area contributed by atoms with Crippen LogP contribution in [0.2, 0.25) is 0 Å². The van der Waals surface area contributed by atoms with Crippen LogP contribution in [-0.4, -0.2) is 78.4 Å². The molecule has 13 heteroatoms. The lowest BCUT2D eigenvalue weighted by atomic mass is 9.97. The number of ether oxygens (including phenoxy) is 4. The SMILES string of the molecule is CC(C)(C)OC(=O)[C@H](CCC(=O)O)CC(=O)OCC1c2ccccc2-c2ccccc21.CCCN.CCCNC(=O)CC[C@H](CC(=O)OCC1c2ccccc2-c2ccccc21)C(=O)OC(C)(C)C. The number of carboxylic acids is 1. The number of esters is 4. The van der Waals surface area contributed by atoms with E-state index in [0.717, 1.165) is 63.9 Å². The zero-order valence-electron chi connectivity index (χ0n) is 41.6. The third-order valence-corrected chi connectivity index (χ3v) is 11.3. The largest absolute Gasteiger partial charge is 0.481 e. The summed E-state index contributed by atoms with van der Waals surface area (Å²) in [6.07, 6.45) is 1.79. The highest BCUT2D eigenvalue weighted by molar-refractivity contribution is 5.84. The molecule has 13 nitrogen and oxygen atoms in total. The maximum absolute atomic E-state index is 12.8. The molecule has 4 aromatic carbocycles. The van der Waals surface area contributed by atoms with Crippen LogP contribution in [0.4, 0.5) is 0 Å². The standard InChI is InChI=1S/C28H35NO5.C25H28O6.C3H9N/c1-5-16-29-25(30)15-14-19(27(32)34-28(2,3)4)17-26(31)33-18-24-22-12-8-6-10-20(22)21-11-7-9-13-23(21)24;1-25(2,3)31-24(29)16(12-13-22(26)27)14-23(28)30-15-21-19-10-6-4-8-17(19)18-9-5-7-11-20(18)21;1-2-3-4/h6-13,19,24H,5,14-18H2,1-4H3,(H,29,30);4-11,16,21H,12-15H2,1-3H3,(H,26,27);2-4H2,1H3/t19-;16-;/m11./s1. The summed E-state index contributed by atoms with van der Waals surface area (Å²) >= 11 is 0. The summed E-state index contributed by atoms with van der Waals surface area (Å²) in [7, 11) is 0. The molecule has 69 heavy (non-hydrogen) atoms. The highest BCUT2D eigenvalue weighted by atomic mass is 16.6. The van der Waals surface area contributed by atoms with Gasteiger partial charge in [0.1, 0.15) is 24.4 Å². The van der Waals surface area contributed by atoms with Crippen LogP contribution in [0.25, 0.3) is 22.3 Å². The van der Waals surface area contributed by atoms with Gasteiger partial charge in [-0.15, -0.1) is 0 Å². The molecule has 2 aliphatic carbocycles. The number of amides is 1. The second kappa shape index (κ2) is 26.4. The lowest BCUT2D eigenvalue weighted by Crippen LogP contribution is -2.32. The average molecular weight is 949 g/mol. The molecule has 2 atom stereocenters. The Morgan fingerprint density at radius 2 is 0.899 bits per heavy atom. The molecular weight excluding hydrogens is 877 g/mol. The van der Waals surface area contributed by atoms with Gasteiger partial charge in [0, 0.05) is 31.2 Å². The first kappa shape index (κ1) is 55.3. The van der Waals surface area contributed by atoms with Crippen molar-refractivity contribution < 1.29 is 52.8 Å². The zero-order chi connectivity index (χ0) is 50.7. The van der Waals surface area contributed by atoms with Crippen LogP contribution in [-0.2, 0) is 47.7 Å². The third-order valence-electron chi connectivity index (χ3n) is 11.3. The first-order valence-electron chi connectivity index (χ1n) is 24.1. The van der Waals surface area contributed by atoms with E-state index in [9.17, 15) is 28.8 Å². The van der Waals surface area contributed by atoms with Crippen LogP contribution in [0.3, 0.4) is 0 Å². The summed E-state index contributed by atoms with van der Waals surface area (Å²) in [6.45, 7) is 16.3. The lowest BCUT2D eigenvalue weighted by Gasteiger charge is -2.24. The Morgan fingerprint density at radius 3 is 1.20 bits per heavy atom. The molecule has 2 aliphatic rings. The van der Waals surface area contributed by atoms with Crippen LogP contribution < -0.4 is 11.1 Å². The number of aliphatic carboxylic acids is 1. The summed E-state index contributed by atoms with van der Waals surface area (Å²) in [4.78, 5) is 73.6. The van der Waals surface area contributed by atoms with Gasteiger partial charge in [0.25, 0.3) is 0 Å². The van der Waals surface area contributed by atoms with Crippen molar-refractivity contribution in [2.45, 2.75) is 130 Å². The number of hydrogen-bond donors (Lipinski definition) is 3. The number of nitrogens with one attached hydrogen (secondary N) is 1. The molecule has 372 valence electrons. The van der Waals surface area contributed by atoms with E-state index in [1.807, 2.05) is 67.6 Å². The topological polar surface area (TPSA) is 198 Å². The van der Waals surface area contributed by atoms with Crippen LogP contribution in [0, 0.1) is 11.8 Å². The average Bonchev–Trinajstić information content (AvgIpc) is 3.80. The van der Waals surface area contributed by atoms with E-state index in [0.29, 0.717) is 6.54 Å². The second-order valence-electron chi connectivity index (χ2n) is 19.3. The van der Waals surface area contributed by atoms with E-state index in [1.165, 1.54) is 0 Å². The minimum atomic E-state index is -1.03. The molecular formula is C56H72N2O11.